The number of nitrogens with zero attached hydrogens (tertiary/aromatic N) is 4. The van der Waals surface area contributed by atoms with E-state index in [0.29, 0.717) is 17.2 Å². The first-order valence-electron chi connectivity index (χ1n) is 9.24. The molecule has 0 saturated carbocycles. The Morgan fingerprint density at radius 1 is 1.03 bits per heavy atom. The molecule has 0 fully saturated rings. The lowest BCUT2D eigenvalue weighted by Crippen LogP contribution is -2.46. The van der Waals surface area contributed by atoms with Gasteiger partial charge in [0, 0.05) is 6.42 Å². The minimum absolute atomic E-state index is 0.197. The van der Waals surface area contributed by atoms with Gasteiger partial charge < -0.3 is 19.2 Å². The molecular formula is C19H27N5O5. The Labute approximate surface area is 169 Å². The van der Waals surface area contributed by atoms with E-state index in [0.717, 1.165) is 0 Å². The van der Waals surface area contributed by atoms with E-state index < -0.39 is 29.3 Å². The van der Waals surface area contributed by atoms with E-state index >= 15 is 0 Å². The summed E-state index contributed by atoms with van der Waals surface area (Å²) < 4.78 is 15.6. The number of carbonyl (C=O) groups excluding carboxylic acids is 2. The number of aromatic nitrogens is 4. The molecule has 0 radical (unpaired) electrons. The van der Waals surface area contributed by atoms with E-state index in [1.807, 2.05) is 0 Å². The predicted molar refractivity (Wildman–Crippen MR) is 103 cm³/mol. The van der Waals surface area contributed by atoms with Crippen LogP contribution in [0.5, 0.6) is 0 Å². The Bertz CT molecular complexity index is 807. The molecule has 10 heteroatoms. The normalized spacial score (nSPS) is 12.9. The molecule has 0 aliphatic carbocycles. The summed E-state index contributed by atoms with van der Waals surface area (Å²) in [6, 6.07) is 0.767. The van der Waals surface area contributed by atoms with Crippen molar-refractivity contribution in [1.82, 2.24) is 25.7 Å². The van der Waals surface area contributed by atoms with Crippen LogP contribution in [0.1, 0.15) is 53.8 Å². The zero-order chi connectivity index (χ0) is 21.7. The molecule has 0 unspecified atom stereocenters. The Morgan fingerprint density at radius 3 is 2.17 bits per heavy atom. The predicted octanol–water partition coefficient (Wildman–Crippen LogP) is 2.69. The molecule has 2 rings (SSSR count). The molecule has 0 aromatic carbocycles. The van der Waals surface area contributed by atoms with Crippen LogP contribution in [0.4, 0.5) is 4.79 Å². The number of hydrogen-bond acceptors (Lipinski definition) is 9. The van der Waals surface area contributed by atoms with E-state index in [-0.39, 0.29) is 12.8 Å². The second-order valence-electron chi connectivity index (χ2n) is 8.42. The summed E-state index contributed by atoms with van der Waals surface area (Å²) in [6.45, 7) is 10.5. The molecule has 0 aliphatic rings. The van der Waals surface area contributed by atoms with Crippen LogP contribution in [0.2, 0.25) is 0 Å². The van der Waals surface area contributed by atoms with Gasteiger partial charge in [0.2, 0.25) is 5.82 Å². The number of ether oxygens (including phenoxy) is 2. The smallest absolute Gasteiger partial charge is 0.408 e. The minimum Gasteiger partial charge on any atom is -0.472 e. The van der Waals surface area contributed by atoms with Gasteiger partial charge in [-0.05, 0) is 54.0 Å². The van der Waals surface area contributed by atoms with Crippen molar-refractivity contribution in [3.05, 3.63) is 24.4 Å². The number of furan rings is 1. The maximum Gasteiger partial charge on any atom is 0.408 e. The van der Waals surface area contributed by atoms with Gasteiger partial charge in [-0.15, -0.1) is 20.4 Å². The fourth-order valence-electron chi connectivity index (χ4n) is 2.20. The number of nitrogens with one attached hydrogen (secondary N) is 1. The highest BCUT2D eigenvalue weighted by Gasteiger charge is 2.28. The molecule has 2 aromatic heterocycles. The van der Waals surface area contributed by atoms with Gasteiger partial charge >= 0.3 is 12.1 Å². The van der Waals surface area contributed by atoms with Gasteiger partial charge in [0.25, 0.3) is 0 Å². The van der Waals surface area contributed by atoms with Crippen LogP contribution in [0.3, 0.4) is 0 Å². The fraction of sp³-hybridized carbons (Fsp3) is 0.579. The highest BCUT2D eigenvalue weighted by atomic mass is 16.6. The molecule has 10 nitrogen and oxygen atoms in total. The number of alkyl carbamates (subject to hydrolysis) is 1. The van der Waals surface area contributed by atoms with Crippen LogP contribution in [0.15, 0.2) is 23.0 Å². The van der Waals surface area contributed by atoms with E-state index in [2.05, 4.69) is 25.7 Å². The average molecular weight is 405 g/mol. The second-order valence-corrected chi connectivity index (χ2v) is 8.42. The van der Waals surface area contributed by atoms with E-state index in [9.17, 15) is 9.59 Å². The van der Waals surface area contributed by atoms with Crippen molar-refractivity contribution in [2.24, 2.45) is 0 Å². The van der Waals surface area contributed by atoms with Gasteiger partial charge in [0.15, 0.2) is 5.82 Å². The van der Waals surface area contributed by atoms with Crippen molar-refractivity contribution in [2.45, 2.75) is 71.6 Å². The SMILES string of the molecule is CC(C)(C)OC(=O)N[C@@H](CCc1nnc(-c2ccoc2)nn1)C(=O)OC(C)(C)C. The first-order chi connectivity index (χ1) is 13.4. The molecule has 0 aliphatic heterocycles. The molecule has 2 aromatic rings. The first kappa shape index (κ1) is 22.3. The molecule has 0 saturated heterocycles. The highest BCUT2D eigenvalue weighted by molar-refractivity contribution is 5.81. The maximum atomic E-state index is 12.5. The quantitative estimate of drug-likeness (QED) is 0.721. The van der Waals surface area contributed by atoms with Gasteiger partial charge in [0.1, 0.15) is 23.5 Å². The van der Waals surface area contributed by atoms with Crippen LogP contribution in [-0.4, -0.2) is 49.7 Å². The molecule has 29 heavy (non-hydrogen) atoms. The van der Waals surface area contributed by atoms with E-state index in [1.54, 1.807) is 47.6 Å². The van der Waals surface area contributed by atoms with Gasteiger partial charge in [0.05, 0.1) is 11.8 Å². The van der Waals surface area contributed by atoms with Crippen LogP contribution in [-0.2, 0) is 20.7 Å². The monoisotopic (exact) mass is 405 g/mol. The molecule has 0 spiro atoms. The van der Waals surface area contributed by atoms with Crippen LogP contribution in [0, 0.1) is 0 Å². The summed E-state index contributed by atoms with van der Waals surface area (Å²) in [7, 11) is 0. The van der Waals surface area contributed by atoms with Gasteiger partial charge in [-0.2, -0.15) is 0 Å². The van der Waals surface area contributed by atoms with Crippen molar-refractivity contribution in [3.63, 3.8) is 0 Å². The summed E-state index contributed by atoms with van der Waals surface area (Å²) in [5, 5.41) is 18.6. The first-order valence-corrected chi connectivity index (χ1v) is 9.24. The minimum atomic E-state index is -0.929. The third kappa shape index (κ3) is 7.84. The molecule has 1 atom stereocenters. The maximum absolute atomic E-state index is 12.5. The van der Waals surface area contributed by atoms with Crippen molar-refractivity contribution in [2.75, 3.05) is 0 Å². The molecule has 1 amide bonds. The lowest BCUT2D eigenvalue weighted by molar-refractivity contribution is -0.157. The van der Waals surface area contributed by atoms with E-state index in [4.69, 9.17) is 13.9 Å². The summed E-state index contributed by atoms with van der Waals surface area (Å²) in [4.78, 5) is 24.6. The number of hydrogen-bond donors (Lipinski definition) is 1. The molecule has 158 valence electrons. The number of amides is 1. The summed E-state index contributed by atoms with van der Waals surface area (Å²) >= 11 is 0. The fourth-order valence-corrected chi connectivity index (χ4v) is 2.20. The Hall–Kier alpha value is -3.04. The summed E-state index contributed by atoms with van der Waals surface area (Å²) in [6.07, 6.45) is 2.73. The zero-order valence-corrected chi connectivity index (χ0v) is 17.6. The van der Waals surface area contributed by atoms with Crippen LogP contribution in [0.25, 0.3) is 11.4 Å². The summed E-state index contributed by atoms with van der Waals surface area (Å²) in [5.41, 5.74) is -0.728. The lowest BCUT2D eigenvalue weighted by Gasteiger charge is -2.26. The van der Waals surface area contributed by atoms with Gasteiger partial charge in [-0.25, -0.2) is 9.59 Å². The van der Waals surface area contributed by atoms with Gasteiger partial charge in [-0.1, -0.05) is 0 Å². The topological polar surface area (TPSA) is 129 Å². The third-order valence-electron chi connectivity index (χ3n) is 3.34. The van der Waals surface area contributed by atoms with Crippen LogP contribution < -0.4 is 5.32 Å². The second kappa shape index (κ2) is 8.97. The summed E-state index contributed by atoms with van der Waals surface area (Å²) in [5.74, 6) is 0.0918. The lowest BCUT2D eigenvalue weighted by atomic mass is 10.1. The highest BCUT2D eigenvalue weighted by Crippen LogP contribution is 2.14. The average Bonchev–Trinajstić information content (AvgIpc) is 3.10. The van der Waals surface area contributed by atoms with Gasteiger partial charge in [-0.3, -0.25) is 0 Å². The van der Waals surface area contributed by atoms with Crippen molar-refractivity contribution in [1.29, 1.82) is 0 Å². The zero-order valence-electron chi connectivity index (χ0n) is 17.6. The van der Waals surface area contributed by atoms with Crippen molar-refractivity contribution < 1.29 is 23.5 Å². The third-order valence-corrected chi connectivity index (χ3v) is 3.34. The number of carbonyl (C=O) groups is 2. The Morgan fingerprint density at radius 2 is 1.66 bits per heavy atom. The number of esters is 1. The Kier molecular flexibility index (Phi) is 6.89. The van der Waals surface area contributed by atoms with Crippen molar-refractivity contribution in [3.8, 4) is 11.4 Å². The largest absolute Gasteiger partial charge is 0.472 e. The number of aryl methyl sites for hydroxylation is 1. The molecule has 2 heterocycles. The molecule has 1 N–H and O–H groups in total. The molecule has 0 bridgehead atoms. The standard InChI is InChI=1S/C19H27N5O5/c1-18(2,3)28-16(25)13(20-17(26)29-19(4,5)6)7-8-14-21-23-15(24-22-14)12-9-10-27-11-12/h9-11,13H,7-8H2,1-6H3,(H,20,26)/t13-/m0/s1. The molecular weight excluding hydrogens is 378 g/mol. The van der Waals surface area contributed by atoms with E-state index in [1.165, 1.54) is 12.5 Å². The van der Waals surface area contributed by atoms with Crippen molar-refractivity contribution >= 4 is 12.1 Å². The van der Waals surface area contributed by atoms with Crippen LogP contribution >= 0.6 is 0 Å². The Balaban J connectivity index is 2.04. The number of rotatable bonds is 6.